The minimum Gasteiger partial charge on any atom is -0.399 e. The molecule has 0 spiro atoms. The molecular weight excluding hydrogens is 531 g/mol. The highest BCUT2D eigenvalue weighted by atomic mass is 16.7. The molecule has 0 N–H and O–H groups in total. The van der Waals surface area contributed by atoms with Gasteiger partial charge in [0.05, 0.1) is 16.7 Å². The van der Waals surface area contributed by atoms with Gasteiger partial charge in [0.1, 0.15) is 0 Å². The first kappa shape index (κ1) is 27.1. The number of hydrogen-bond acceptors (Lipinski definition) is 6. The molecule has 7 heteroatoms. The van der Waals surface area contributed by atoms with Crippen LogP contribution in [0.25, 0.3) is 56.2 Å². The van der Waals surface area contributed by atoms with E-state index >= 15 is 0 Å². The van der Waals surface area contributed by atoms with E-state index in [4.69, 9.17) is 24.3 Å². The van der Waals surface area contributed by atoms with Crippen LogP contribution in [0.1, 0.15) is 27.7 Å². The van der Waals surface area contributed by atoms with Gasteiger partial charge in [-0.1, -0.05) is 91.0 Å². The molecule has 1 aliphatic heterocycles. The average molecular weight is 562 g/mol. The summed E-state index contributed by atoms with van der Waals surface area (Å²) < 4.78 is 12.6. The van der Waals surface area contributed by atoms with E-state index < -0.39 is 18.3 Å². The van der Waals surface area contributed by atoms with Crippen molar-refractivity contribution in [2.45, 2.75) is 38.9 Å². The molecule has 43 heavy (non-hydrogen) atoms. The van der Waals surface area contributed by atoms with Crippen LogP contribution >= 0.6 is 0 Å². The first-order valence-corrected chi connectivity index (χ1v) is 14.5. The molecule has 1 fully saturated rings. The summed E-state index contributed by atoms with van der Waals surface area (Å²) in [5.41, 5.74) is 5.83. The Bertz CT molecular complexity index is 1940. The van der Waals surface area contributed by atoms with Crippen LogP contribution in [-0.4, -0.2) is 38.3 Å². The van der Waals surface area contributed by atoms with E-state index in [0.29, 0.717) is 17.5 Å². The molecule has 6 aromatic rings. The number of benzene rings is 4. The van der Waals surface area contributed by atoms with E-state index in [1.165, 1.54) is 0 Å². The second-order valence-electron chi connectivity index (χ2n) is 11.8. The van der Waals surface area contributed by atoms with Crippen molar-refractivity contribution >= 4 is 23.5 Å². The Balaban J connectivity index is 1.32. The topological polar surface area (TPSA) is 70.0 Å². The second-order valence-corrected chi connectivity index (χ2v) is 11.8. The Morgan fingerprint density at radius 2 is 1.12 bits per heavy atom. The second kappa shape index (κ2) is 10.5. The SMILES string of the molecule is CC1(C)OB(c2cccc(-c3cccc(-c4nc(-c5ccccc5)nc(-c5cccc6cccnc56)n4)c3)c2)OC1(C)C. The predicted octanol–water partition coefficient (Wildman–Crippen LogP) is 7.39. The van der Waals surface area contributed by atoms with Crippen molar-refractivity contribution in [1.29, 1.82) is 0 Å². The Morgan fingerprint density at radius 1 is 0.535 bits per heavy atom. The van der Waals surface area contributed by atoms with Gasteiger partial charge in [0, 0.05) is 28.3 Å². The lowest BCUT2D eigenvalue weighted by Crippen LogP contribution is -2.41. The summed E-state index contributed by atoms with van der Waals surface area (Å²) in [6.45, 7) is 8.28. The molecule has 0 aliphatic carbocycles. The Labute approximate surface area is 252 Å². The molecule has 1 aliphatic rings. The summed E-state index contributed by atoms with van der Waals surface area (Å²) in [6.07, 6.45) is 1.80. The van der Waals surface area contributed by atoms with Gasteiger partial charge < -0.3 is 9.31 Å². The molecule has 0 radical (unpaired) electrons. The van der Waals surface area contributed by atoms with E-state index in [1.807, 2.05) is 78.9 Å². The Kier molecular flexibility index (Phi) is 6.64. The molecule has 210 valence electrons. The van der Waals surface area contributed by atoms with Crippen molar-refractivity contribution in [3.05, 3.63) is 115 Å². The van der Waals surface area contributed by atoms with Crippen molar-refractivity contribution in [2.24, 2.45) is 0 Å². The van der Waals surface area contributed by atoms with Crippen LogP contribution in [-0.2, 0) is 9.31 Å². The molecule has 6 nitrogen and oxygen atoms in total. The van der Waals surface area contributed by atoms with E-state index in [2.05, 4.69) is 63.0 Å². The van der Waals surface area contributed by atoms with Crippen LogP contribution in [0.5, 0.6) is 0 Å². The number of nitrogens with zero attached hydrogens (tertiary/aromatic N) is 4. The van der Waals surface area contributed by atoms with Gasteiger partial charge in [-0.25, -0.2) is 15.0 Å². The third-order valence-electron chi connectivity index (χ3n) is 8.41. The average Bonchev–Trinajstić information content (AvgIpc) is 3.27. The van der Waals surface area contributed by atoms with Crippen LogP contribution in [0.2, 0.25) is 0 Å². The van der Waals surface area contributed by atoms with Crippen LogP contribution < -0.4 is 5.46 Å². The van der Waals surface area contributed by atoms with Crippen molar-refractivity contribution in [1.82, 2.24) is 19.9 Å². The zero-order chi connectivity index (χ0) is 29.6. The maximum Gasteiger partial charge on any atom is 0.494 e. The summed E-state index contributed by atoms with van der Waals surface area (Å²) in [4.78, 5) is 19.5. The highest BCUT2D eigenvalue weighted by molar-refractivity contribution is 6.62. The fourth-order valence-electron chi connectivity index (χ4n) is 5.31. The maximum atomic E-state index is 6.32. The van der Waals surface area contributed by atoms with Crippen LogP contribution in [0, 0.1) is 0 Å². The first-order chi connectivity index (χ1) is 20.8. The third-order valence-corrected chi connectivity index (χ3v) is 8.41. The Morgan fingerprint density at radius 3 is 1.88 bits per heavy atom. The molecule has 0 bridgehead atoms. The van der Waals surface area contributed by atoms with E-state index in [-0.39, 0.29) is 0 Å². The van der Waals surface area contributed by atoms with Gasteiger partial charge in [0.15, 0.2) is 17.5 Å². The molecule has 7 rings (SSSR count). The Hall–Kier alpha value is -4.72. The lowest BCUT2D eigenvalue weighted by atomic mass is 9.78. The van der Waals surface area contributed by atoms with Crippen LogP contribution in [0.4, 0.5) is 0 Å². The number of pyridine rings is 1. The van der Waals surface area contributed by atoms with Crippen molar-refractivity contribution < 1.29 is 9.31 Å². The first-order valence-electron chi connectivity index (χ1n) is 14.5. The highest BCUT2D eigenvalue weighted by Crippen LogP contribution is 2.37. The summed E-state index contributed by atoms with van der Waals surface area (Å²) in [6, 6.07) is 36.7. The lowest BCUT2D eigenvalue weighted by molar-refractivity contribution is 0.00578. The number of para-hydroxylation sites is 1. The number of hydrogen-bond donors (Lipinski definition) is 0. The molecule has 1 saturated heterocycles. The predicted molar refractivity (Wildman–Crippen MR) is 173 cm³/mol. The zero-order valence-electron chi connectivity index (χ0n) is 24.7. The molecule has 4 aromatic carbocycles. The monoisotopic (exact) mass is 562 g/mol. The molecule has 2 aromatic heterocycles. The van der Waals surface area contributed by atoms with Gasteiger partial charge in [-0.15, -0.1) is 0 Å². The molecule has 0 unspecified atom stereocenters. The van der Waals surface area contributed by atoms with Gasteiger partial charge in [-0.3, -0.25) is 4.98 Å². The van der Waals surface area contributed by atoms with Crippen LogP contribution in [0.3, 0.4) is 0 Å². The minimum absolute atomic E-state index is 0.403. The number of fused-ring (bicyclic) bond motifs is 1. The largest absolute Gasteiger partial charge is 0.494 e. The number of rotatable bonds is 5. The van der Waals surface area contributed by atoms with Crippen molar-refractivity contribution in [2.75, 3.05) is 0 Å². The summed E-state index contributed by atoms with van der Waals surface area (Å²) in [5, 5.41) is 1.03. The third kappa shape index (κ3) is 5.11. The van der Waals surface area contributed by atoms with Gasteiger partial charge in [0.2, 0.25) is 0 Å². The van der Waals surface area contributed by atoms with Crippen LogP contribution in [0.15, 0.2) is 115 Å². The highest BCUT2D eigenvalue weighted by Gasteiger charge is 2.51. The van der Waals surface area contributed by atoms with Gasteiger partial charge in [-0.2, -0.15) is 0 Å². The van der Waals surface area contributed by atoms with E-state index in [0.717, 1.165) is 44.2 Å². The summed E-state index contributed by atoms with van der Waals surface area (Å²) >= 11 is 0. The molecule has 0 amide bonds. The van der Waals surface area contributed by atoms with Crippen molar-refractivity contribution in [3.63, 3.8) is 0 Å². The van der Waals surface area contributed by atoms with E-state index in [1.54, 1.807) is 6.20 Å². The fraction of sp³-hybridized carbons (Fsp3) is 0.167. The standard InChI is InChI=1S/C36H31BN4O2/c1-35(2)36(3,4)43-37(42-35)29-19-9-16-27(23-29)26-15-8-17-28(22-26)33-39-32(25-12-6-5-7-13-25)40-34(41-33)30-20-10-14-24-18-11-21-38-31(24)30/h5-23H,1-4H3. The van der Waals surface area contributed by atoms with Gasteiger partial charge in [-0.05, 0) is 62.5 Å². The maximum absolute atomic E-state index is 6.32. The summed E-state index contributed by atoms with van der Waals surface area (Å²) in [5.74, 6) is 1.80. The quantitative estimate of drug-likeness (QED) is 0.204. The lowest BCUT2D eigenvalue weighted by Gasteiger charge is -2.32. The van der Waals surface area contributed by atoms with Crippen molar-refractivity contribution in [3.8, 4) is 45.3 Å². The van der Waals surface area contributed by atoms with Gasteiger partial charge >= 0.3 is 7.12 Å². The van der Waals surface area contributed by atoms with E-state index in [9.17, 15) is 0 Å². The number of aromatic nitrogens is 4. The summed E-state index contributed by atoms with van der Waals surface area (Å²) in [7, 11) is -0.429. The molecule has 3 heterocycles. The molecule has 0 saturated carbocycles. The van der Waals surface area contributed by atoms with Gasteiger partial charge in [0.25, 0.3) is 0 Å². The molecular formula is C36H31BN4O2. The fourth-order valence-corrected chi connectivity index (χ4v) is 5.31. The zero-order valence-corrected chi connectivity index (χ0v) is 24.7. The smallest absolute Gasteiger partial charge is 0.399 e. The molecule has 0 atom stereocenters. The minimum atomic E-state index is -0.429. The normalized spacial score (nSPS) is 15.6.